The van der Waals surface area contributed by atoms with Crippen LogP contribution in [0.25, 0.3) is 5.57 Å². The van der Waals surface area contributed by atoms with Crippen LogP contribution < -0.4 is 15.0 Å². The number of hydrogen-bond acceptors (Lipinski definition) is 6. The molecule has 40 heavy (non-hydrogen) atoms. The van der Waals surface area contributed by atoms with Crippen LogP contribution in [0.2, 0.25) is 0 Å². The van der Waals surface area contributed by atoms with Crippen molar-refractivity contribution < 1.29 is 19.1 Å². The predicted molar refractivity (Wildman–Crippen MR) is 151 cm³/mol. The summed E-state index contributed by atoms with van der Waals surface area (Å²) in [6.45, 7) is 5.42. The molecule has 0 saturated heterocycles. The molecule has 3 aromatic carbocycles. The number of ether oxygens (including phenoxy) is 2. The third kappa shape index (κ3) is 5.67. The fourth-order valence-corrected chi connectivity index (χ4v) is 4.81. The van der Waals surface area contributed by atoms with E-state index in [9.17, 15) is 20.1 Å². The van der Waals surface area contributed by atoms with Gasteiger partial charge < -0.3 is 19.7 Å². The monoisotopic (exact) mass is 534 g/mol. The average Bonchev–Trinajstić information content (AvgIpc) is 3.15. The normalized spacial score (nSPS) is 15.8. The van der Waals surface area contributed by atoms with Crippen LogP contribution in [0.3, 0.4) is 0 Å². The van der Waals surface area contributed by atoms with Gasteiger partial charge >= 0.3 is 6.09 Å². The molecule has 3 aromatic rings. The van der Waals surface area contributed by atoms with Gasteiger partial charge in [-0.25, -0.2) is 4.79 Å². The maximum Gasteiger partial charge on any atom is 0.408 e. The lowest BCUT2D eigenvalue weighted by atomic mass is 9.81. The Morgan fingerprint density at radius 3 is 2.17 bits per heavy atom. The highest BCUT2D eigenvalue weighted by molar-refractivity contribution is 6.10. The molecule has 0 unspecified atom stereocenters. The smallest absolute Gasteiger partial charge is 0.408 e. The number of fused-ring (bicyclic) bond motifs is 1. The lowest BCUT2D eigenvalue weighted by Gasteiger charge is -2.32. The van der Waals surface area contributed by atoms with Gasteiger partial charge in [-0.1, -0.05) is 66.7 Å². The molecule has 8 heteroatoms. The summed E-state index contributed by atoms with van der Waals surface area (Å²) in [4.78, 5) is 29.5. The SMILES string of the molecule is COc1ccc2c(c1)N(Cc1ccccc1)C(=O)[C@]2(CC(=C(C#N)C#N)c1ccccc1)NC(=O)OC(C)(C)C. The minimum absolute atomic E-state index is 0.152. The number of nitriles is 2. The van der Waals surface area contributed by atoms with E-state index in [1.54, 1.807) is 68.1 Å². The van der Waals surface area contributed by atoms with Crippen molar-refractivity contribution in [3.63, 3.8) is 0 Å². The Balaban J connectivity index is 1.95. The number of allylic oxidation sites excluding steroid dienone is 1. The standard InChI is InChI=1S/C32H30N4O4/c1-31(2,3)40-30(38)35-32(18-26(24(19-33)20-34)23-13-9-6-10-14-23)27-16-15-25(39-4)17-28(27)36(29(32)37)21-22-11-7-5-8-12-22/h5-17H,18,21H2,1-4H3,(H,35,38)/t32-/m1/s1. The number of nitrogens with one attached hydrogen (secondary N) is 1. The minimum Gasteiger partial charge on any atom is -0.497 e. The Morgan fingerprint density at radius 1 is 0.975 bits per heavy atom. The maximum absolute atomic E-state index is 14.6. The highest BCUT2D eigenvalue weighted by Gasteiger charge is 2.53. The van der Waals surface area contributed by atoms with Crippen LogP contribution in [0.15, 0.2) is 84.4 Å². The Labute approximate surface area is 234 Å². The minimum atomic E-state index is -1.68. The highest BCUT2D eigenvalue weighted by Crippen LogP contribution is 2.48. The molecule has 0 bridgehead atoms. The van der Waals surface area contributed by atoms with Gasteiger partial charge in [0.05, 0.1) is 19.3 Å². The summed E-state index contributed by atoms with van der Waals surface area (Å²) in [6, 6.07) is 27.5. The van der Waals surface area contributed by atoms with E-state index in [0.717, 1.165) is 5.56 Å². The van der Waals surface area contributed by atoms with E-state index in [1.165, 1.54) is 7.11 Å². The van der Waals surface area contributed by atoms with Gasteiger partial charge in [0, 0.05) is 18.1 Å². The number of amides is 2. The maximum atomic E-state index is 14.6. The van der Waals surface area contributed by atoms with Gasteiger partial charge in [-0.05, 0) is 43.5 Å². The molecule has 0 spiro atoms. The van der Waals surface area contributed by atoms with E-state index in [2.05, 4.69) is 5.32 Å². The lowest BCUT2D eigenvalue weighted by Crippen LogP contribution is -2.54. The number of hydrogen-bond donors (Lipinski definition) is 1. The topological polar surface area (TPSA) is 115 Å². The van der Waals surface area contributed by atoms with Crippen molar-refractivity contribution in [2.75, 3.05) is 12.0 Å². The summed E-state index contributed by atoms with van der Waals surface area (Å²) in [5, 5.41) is 22.6. The van der Waals surface area contributed by atoms with Gasteiger partial charge in [-0.2, -0.15) is 10.5 Å². The zero-order chi connectivity index (χ0) is 28.9. The van der Waals surface area contributed by atoms with Crippen molar-refractivity contribution in [2.45, 2.75) is 44.9 Å². The Morgan fingerprint density at radius 2 is 1.60 bits per heavy atom. The number of anilines is 1. The number of alkyl carbamates (subject to hydrolysis) is 1. The van der Waals surface area contributed by atoms with Crippen molar-refractivity contribution in [2.24, 2.45) is 0 Å². The number of carbonyl (C=O) groups is 2. The van der Waals surface area contributed by atoms with Gasteiger partial charge in [-0.15, -0.1) is 0 Å². The molecule has 1 aliphatic heterocycles. The van der Waals surface area contributed by atoms with Gasteiger partial charge in [0.2, 0.25) is 0 Å². The molecule has 1 N–H and O–H groups in total. The zero-order valence-corrected chi connectivity index (χ0v) is 22.9. The summed E-state index contributed by atoms with van der Waals surface area (Å²) in [5.41, 5.74) is 0.196. The number of carbonyl (C=O) groups excluding carboxylic acids is 2. The molecule has 1 atom stereocenters. The molecular formula is C32H30N4O4. The van der Waals surface area contributed by atoms with E-state index >= 15 is 0 Å². The fraction of sp³-hybridized carbons (Fsp3) is 0.250. The summed E-state index contributed by atoms with van der Waals surface area (Å²) in [5.74, 6) is 0.111. The van der Waals surface area contributed by atoms with Crippen molar-refractivity contribution in [1.29, 1.82) is 10.5 Å². The van der Waals surface area contributed by atoms with Crippen LogP contribution in [0.4, 0.5) is 10.5 Å². The molecular weight excluding hydrogens is 504 g/mol. The molecule has 0 saturated carbocycles. The third-order valence-electron chi connectivity index (χ3n) is 6.55. The van der Waals surface area contributed by atoms with Crippen molar-refractivity contribution in [3.8, 4) is 17.9 Å². The highest BCUT2D eigenvalue weighted by atomic mass is 16.6. The molecule has 1 heterocycles. The Bertz CT molecular complexity index is 1510. The van der Waals surface area contributed by atoms with Crippen LogP contribution in [-0.4, -0.2) is 24.7 Å². The van der Waals surface area contributed by atoms with Crippen LogP contribution in [0.1, 0.15) is 43.9 Å². The first kappa shape index (κ1) is 27.9. The first-order valence-electron chi connectivity index (χ1n) is 12.8. The molecule has 0 aliphatic carbocycles. The van der Waals surface area contributed by atoms with Crippen molar-refractivity contribution >= 4 is 23.3 Å². The van der Waals surface area contributed by atoms with Crippen LogP contribution >= 0.6 is 0 Å². The van der Waals surface area contributed by atoms with Gasteiger partial charge in [0.15, 0.2) is 5.54 Å². The van der Waals surface area contributed by atoms with E-state index in [0.29, 0.717) is 28.1 Å². The average molecular weight is 535 g/mol. The number of methoxy groups -OCH3 is 1. The number of nitrogens with zero attached hydrogens (tertiary/aromatic N) is 3. The molecule has 2 amide bonds. The number of rotatable bonds is 7. The molecule has 4 rings (SSSR count). The van der Waals surface area contributed by atoms with E-state index < -0.39 is 23.1 Å². The first-order valence-corrected chi connectivity index (χ1v) is 12.8. The fourth-order valence-electron chi connectivity index (χ4n) is 4.81. The van der Waals surface area contributed by atoms with Crippen LogP contribution in [-0.2, 0) is 21.6 Å². The Hall–Kier alpha value is -5.08. The number of benzene rings is 3. The summed E-state index contributed by atoms with van der Waals surface area (Å²) < 4.78 is 11.1. The largest absolute Gasteiger partial charge is 0.497 e. The Kier molecular flexibility index (Phi) is 7.93. The molecule has 202 valence electrons. The van der Waals surface area contributed by atoms with Crippen LogP contribution in [0, 0.1) is 22.7 Å². The molecule has 0 radical (unpaired) electrons. The quantitative estimate of drug-likeness (QED) is 0.380. The predicted octanol–water partition coefficient (Wildman–Crippen LogP) is 5.85. The second-order valence-electron chi connectivity index (χ2n) is 10.4. The van der Waals surface area contributed by atoms with Gasteiger partial charge in [0.25, 0.3) is 5.91 Å². The molecule has 0 aromatic heterocycles. The second kappa shape index (κ2) is 11.3. The molecule has 8 nitrogen and oxygen atoms in total. The lowest BCUT2D eigenvalue weighted by molar-refractivity contribution is -0.124. The second-order valence-corrected chi connectivity index (χ2v) is 10.4. The molecule has 0 fully saturated rings. The van der Waals surface area contributed by atoms with Gasteiger partial charge in [-0.3, -0.25) is 4.79 Å². The van der Waals surface area contributed by atoms with E-state index in [1.807, 2.05) is 48.5 Å². The van der Waals surface area contributed by atoms with E-state index in [4.69, 9.17) is 9.47 Å². The first-order chi connectivity index (χ1) is 19.1. The van der Waals surface area contributed by atoms with Crippen LogP contribution in [0.5, 0.6) is 5.75 Å². The summed E-state index contributed by atoms with van der Waals surface area (Å²) >= 11 is 0. The zero-order valence-electron chi connectivity index (χ0n) is 22.9. The van der Waals surface area contributed by atoms with Crippen molar-refractivity contribution in [1.82, 2.24) is 5.32 Å². The van der Waals surface area contributed by atoms with E-state index in [-0.39, 0.29) is 18.5 Å². The summed E-state index contributed by atoms with van der Waals surface area (Å²) in [6.07, 6.45) is -0.956. The van der Waals surface area contributed by atoms with Gasteiger partial charge in [0.1, 0.15) is 29.1 Å². The summed E-state index contributed by atoms with van der Waals surface area (Å²) in [7, 11) is 1.54. The third-order valence-corrected chi connectivity index (χ3v) is 6.55. The van der Waals surface area contributed by atoms with Crippen molar-refractivity contribution in [3.05, 3.63) is 101 Å². The molecule has 1 aliphatic rings.